The fraction of sp³-hybridized carbons (Fsp3) is 1.00. The molecule has 0 heterocycles. The lowest BCUT2D eigenvalue weighted by Crippen LogP contribution is -2.29. The average molecular weight is 421 g/mol. The van der Waals surface area contributed by atoms with Gasteiger partial charge in [0.1, 0.15) is 0 Å². The number of rotatable bonds is 12. The largest absolute Gasteiger partial charge is 0.251 e. The smallest absolute Gasteiger partial charge is 0.0894 e. The number of unbranched alkanes of at least 4 members (excludes halogenated alkanes) is 5. The van der Waals surface area contributed by atoms with E-state index in [-0.39, 0.29) is 6.67 Å². The summed E-state index contributed by atoms with van der Waals surface area (Å²) >= 11 is 0. The quantitative estimate of drug-likeness (QED) is 0.275. The molecule has 0 N–H and O–H groups in total. The van der Waals surface area contributed by atoms with E-state index in [2.05, 4.69) is 6.92 Å². The molecule has 0 saturated heterocycles. The van der Waals surface area contributed by atoms with Crippen LogP contribution in [0.5, 0.6) is 0 Å². The van der Waals surface area contributed by atoms with Gasteiger partial charge < -0.3 is 0 Å². The van der Waals surface area contributed by atoms with Crippen LogP contribution in [0.4, 0.5) is 4.39 Å². The van der Waals surface area contributed by atoms with Crippen molar-refractivity contribution in [1.29, 1.82) is 0 Å². The van der Waals surface area contributed by atoms with Gasteiger partial charge in [-0.15, -0.1) is 0 Å². The minimum Gasteiger partial charge on any atom is -0.251 e. The maximum Gasteiger partial charge on any atom is 0.0894 e. The second kappa shape index (κ2) is 14.2. The molecule has 30 heavy (non-hydrogen) atoms. The minimum absolute atomic E-state index is 0.115. The number of hydrogen-bond acceptors (Lipinski definition) is 0. The van der Waals surface area contributed by atoms with Crippen molar-refractivity contribution in [3.63, 3.8) is 0 Å². The molecule has 0 nitrogen and oxygen atoms in total. The van der Waals surface area contributed by atoms with Crippen LogP contribution < -0.4 is 0 Å². The van der Waals surface area contributed by atoms with Crippen LogP contribution in [0.15, 0.2) is 0 Å². The fourth-order valence-corrected chi connectivity index (χ4v) is 7.55. The van der Waals surface area contributed by atoms with Crippen LogP contribution in [-0.4, -0.2) is 6.67 Å². The Hall–Kier alpha value is -0.0700. The van der Waals surface area contributed by atoms with Crippen molar-refractivity contribution < 1.29 is 4.39 Å². The lowest BCUT2D eigenvalue weighted by atomic mass is 9.64. The third-order valence-electron chi connectivity index (χ3n) is 9.64. The highest BCUT2D eigenvalue weighted by atomic mass is 19.1. The highest BCUT2D eigenvalue weighted by Gasteiger charge is 2.34. The topological polar surface area (TPSA) is 0 Å². The molecule has 0 aliphatic heterocycles. The summed E-state index contributed by atoms with van der Waals surface area (Å²) in [5.41, 5.74) is 0. The molecule has 3 aliphatic carbocycles. The zero-order valence-electron chi connectivity index (χ0n) is 20.4. The second-order valence-corrected chi connectivity index (χ2v) is 11.6. The van der Waals surface area contributed by atoms with Crippen LogP contribution in [0.25, 0.3) is 0 Å². The third kappa shape index (κ3) is 8.12. The van der Waals surface area contributed by atoms with Crippen molar-refractivity contribution in [3.8, 4) is 0 Å². The van der Waals surface area contributed by atoms with Crippen molar-refractivity contribution in [3.05, 3.63) is 0 Å². The first-order valence-corrected chi connectivity index (χ1v) is 14.4. The first kappa shape index (κ1) is 24.6. The maximum absolute atomic E-state index is 12.2. The Morgan fingerprint density at radius 2 is 0.833 bits per heavy atom. The monoisotopic (exact) mass is 420 g/mol. The summed E-state index contributed by atoms with van der Waals surface area (Å²) in [6.07, 6.45) is 30.2. The van der Waals surface area contributed by atoms with Crippen molar-refractivity contribution in [1.82, 2.24) is 0 Å². The van der Waals surface area contributed by atoms with E-state index in [4.69, 9.17) is 0 Å². The number of alkyl halides is 1. The van der Waals surface area contributed by atoms with Gasteiger partial charge in [0.15, 0.2) is 0 Å². The van der Waals surface area contributed by atoms with Gasteiger partial charge in [0.05, 0.1) is 6.67 Å². The van der Waals surface area contributed by atoms with Gasteiger partial charge in [-0.2, -0.15) is 0 Å². The highest BCUT2D eigenvalue weighted by molar-refractivity contribution is 4.86. The van der Waals surface area contributed by atoms with Crippen LogP contribution in [0.2, 0.25) is 0 Å². The summed E-state index contributed by atoms with van der Waals surface area (Å²) in [5, 5.41) is 0. The van der Waals surface area contributed by atoms with Gasteiger partial charge >= 0.3 is 0 Å². The molecule has 3 fully saturated rings. The first-order chi connectivity index (χ1) is 14.8. The number of hydrogen-bond donors (Lipinski definition) is 0. The predicted molar refractivity (Wildman–Crippen MR) is 130 cm³/mol. The zero-order valence-corrected chi connectivity index (χ0v) is 20.4. The van der Waals surface area contributed by atoms with Crippen LogP contribution in [-0.2, 0) is 0 Å². The summed E-state index contributed by atoms with van der Waals surface area (Å²) in [6, 6.07) is 0. The molecule has 0 amide bonds. The molecular weight excluding hydrogens is 367 g/mol. The first-order valence-electron chi connectivity index (χ1n) is 14.4. The molecule has 1 heteroatoms. The summed E-state index contributed by atoms with van der Waals surface area (Å²) < 4.78 is 12.2. The van der Waals surface area contributed by atoms with Gasteiger partial charge in [-0.05, 0) is 93.3 Å². The van der Waals surface area contributed by atoms with Crippen molar-refractivity contribution >= 4 is 0 Å². The van der Waals surface area contributed by atoms with Crippen LogP contribution in [0, 0.1) is 35.5 Å². The molecule has 0 spiro atoms. The lowest BCUT2D eigenvalue weighted by Gasteiger charge is -2.41. The van der Waals surface area contributed by atoms with Crippen molar-refractivity contribution in [2.45, 2.75) is 142 Å². The molecule has 0 radical (unpaired) electrons. The van der Waals surface area contributed by atoms with E-state index >= 15 is 0 Å². The van der Waals surface area contributed by atoms with Crippen LogP contribution >= 0.6 is 0 Å². The minimum atomic E-state index is -0.115. The molecule has 0 aromatic rings. The lowest BCUT2D eigenvalue weighted by molar-refractivity contribution is 0.102. The zero-order chi connectivity index (χ0) is 21.0. The van der Waals surface area contributed by atoms with E-state index in [9.17, 15) is 4.39 Å². The molecule has 176 valence electrons. The number of halogens is 1. The fourth-order valence-electron chi connectivity index (χ4n) is 7.55. The van der Waals surface area contributed by atoms with E-state index in [1.807, 2.05) is 0 Å². The molecule has 0 aromatic heterocycles. The maximum atomic E-state index is 12.2. The van der Waals surface area contributed by atoms with E-state index in [1.54, 1.807) is 51.4 Å². The van der Waals surface area contributed by atoms with Crippen molar-refractivity contribution in [2.24, 2.45) is 35.5 Å². The standard InChI is InChI=1S/C29H53F/c1-2-3-4-6-9-24-11-15-26(16-12-24)28-19-21-29(22-20-28)27-17-13-25(14-18-27)10-7-5-8-23-30/h24-29H,2-23H2,1H3. The molecule has 3 aliphatic rings. The summed E-state index contributed by atoms with van der Waals surface area (Å²) in [6.45, 7) is 2.21. The van der Waals surface area contributed by atoms with Crippen molar-refractivity contribution in [2.75, 3.05) is 6.67 Å². The SMILES string of the molecule is CCCCCCC1CCC(C2CCC(C3CCC(CCCCCF)CC3)CC2)CC1. The van der Waals surface area contributed by atoms with Gasteiger partial charge in [-0.25, -0.2) is 0 Å². The summed E-state index contributed by atoms with van der Waals surface area (Å²) in [7, 11) is 0. The van der Waals surface area contributed by atoms with Crippen LogP contribution in [0.3, 0.4) is 0 Å². The average Bonchev–Trinajstić information content (AvgIpc) is 2.81. The van der Waals surface area contributed by atoms with Gasteiger partial charge in [-0.3, -0.25) is 4.39 Å². The molecule has 0 aromatic carbocycles. The predicted octanol–water partition coefficient (Wildman–Crippen LogP) is 9.91. The summed E-state index contributed by atoms with van der Waals surface area (Å²) in [5.74, 6) is 6.30. The Morgan fingerprint density at radius 1 is 0.467 bits per heavy atom. The van der Waals surface area contributed by atoms with Gasteiger partial charge in [0.25, 0.3) is 0 Å². The summed E-state index contributed by atoms with van der Waals surface area (Å²) in [4.78, 5) is 0. The molecule has 0 bridgehead atoms. The Morgan fingerprint density at radius 3 is 1.20 bits per heavy atom. The van der Waals surface area contributed by atoms with Crippen LogP contribution in [0.1, 0.15) is 142 Å². The molecule has 3 saturated carbocycles. The Labute approximate surface area is 188 Å². The highest BCUT2D eigenvalue weighted by Crippen LogP contribution is 2.46. The van der Waals surface area contributed by atoms with E-state index in [0.29, 0.717) is 0 Å². The molecule has 0 unspecified atom stereocenters. The van der Waals surface area contributed by atoms with E-state index < -0.39 is 0 Å². The normalized spacial score (nSPS) is 35.4. The Bertz CT molecular complexity index is 368. The van der Waals surface area contributed by atoms with Gasteiger partial charge in [0, 0.05) is 0 Å². The molecule has 3 rings (SSSR count). The van der Waals surface area contributed by atoms with Gasteiger partial charge in [-0.1, -0.05) is 84.0 Å². The van der Waals surface area contributed by atoms with Gasteiger partial charge in [0.2, 0.25) is 0 Å². The Kier molecular flexibility index (Phi) is 11.6. The van der Waals surface area contributed by atoms with E-state index in [0.717, 1.165) is 48.3 Å². The Balaban J connectivity index is 1.26. The second-order valence-electron chi connectivity index (χ2n) is 11.6. The molecule has 0 atom stereocenters. The molecular formula is C29H53F. The van der Waals surface area contributed by atoms with E-state index in [1.165, 1.54) is 70.6 Å². The third-order valence-corrected chi connectivity index (χ3v) is 9.64.